The maximum absolute atomic E-state index is 13.5. The van der Waals surface area contributed by atoms with Gasteiger partial charge in [-0.2, -0.15) is 0 Å². The summed E-state index contributed by atoms with van der Waals surface area (Å²) in [5, 5.41) is 6.61. The summed E-state index contributed by atoms with van der Waals surface area (Å²) in [4.78, 5) is 16.7. The van der Waals surface area contributed by atoms with E-state index in [9.17, 15) is 9.18 Å². The first-order chi connectivity index (χ1) is 12.2. The third-order valence-corrected chi connectivity index (χ3v) is 4.21. The molecule has 0 spiro atoms. The number of nitrogens with one attached hydrogen (secondary N) is 2. The molecule has 0 saturated carbocycles. The maximum Gasteiger partial charge on any atom is 0.319 e. The molecular formula is C19H16FN3O2. The zero-order chi connectivity index (χ0) is 17.2. The third-order valence-electron chi connectivity index (χ3n) is 4.21. The number of carbonyl (C=O) groups is 1. The second-order valence-corrected chi connectivity index (χ2v) is 5.85. The van der Waals surface area contributed by atoms with Gasteiger partial charge in [-0.25, -0.2) is 9.18 Å². The molecule has 0 radical (unpaired) electrons. The number of halogens is 1. The van der Waals surface area contributed by atoms with Crippen molar-refractivity contribution in [3.05, 3.63) is 66.1 Å². The molecule has 0 fully saturated rings. The number of anilines is 1. The van der Waals surface area contributed by atoms with Crippen LogP contribution in [0, 0.1) is 5.82 Å². The first-order valence-electron chi connectivity index (χ1n) is 8.04. The number of hydrogen-bond donors (Lipinski definition) is 2. The van der Waals surface area contributed by atoms with Gasteiger partial charge in [-0.15, -0.1) is 0 Å². The van der Waals surface area contributed by atoms with Crippen molar-refractivity contribution in [2.75, 3.05) is 11.9 Å². The van der Waals surface area contributed by atoms with Crippen LogP contribution in [0.5, 0.6) is 5.75 Å². The number of aromatic nitrogens is 1. The number of fused-ring (bicyclic) bond motifs is 2. The number of ether oxygens (including phenoxy) is 1. The van der Waals surface area contributed by atoms with Crippen LogP contribution in [-0.4, -0.2) is 17.6 Å². The van der Waals surface area contributed by atoms with Gasteiger partial charge < -0.3 is 15.4 Å². The Balaban J connectivity index is 1.54. The van der Waals surface area contributed by atoms with Crippen LogP contribution in [0.4, 0.5) is 14.9 Å². The fourth-order valence-electron chi connectivity index (χ4n) is 3.04. The van der Waals surface area contributed by atoms with Gasteiger partial charge in [-0.3, -0.25) is 4.98 Å². The first kappa shape index (κ1) is 15.4. The Bertz CT molecular complexity index is 940. The number of carbonyl (C=O) groups excluding carboxylic acids is 1. The van der Waals surface area contributed by atoms with Gasteiger partial charge in [0.1, 0.15) is 11.6 Å². The van der Waals surface area contributed by atoms with E-state index in [1.165, 1.54) is 12.1 Å². The lowest BCUT2D eigenvalue weighted by Gasteiger charge is -2.26. The Labute approximate surface area is 143 Å². The van der Waals surface area contributed by atoms with Gasteiger partial charge in [-0.05, 0) is 42.5 Å². The molecule has 1 aliphatic rings. The van der Waals surface area contributed by atoms with E-state index in [2.05, 4.69) is 15.6 Å². The summed E-state index contributed by atoms with van der Waals surface area (Å²) in [6.45, 7) is 0.474. The second-order valence-electron chi connectivity index (χ2n) is 5.85. The maximum atomic E-state index is 13.5. The van der Waals surface area contributed by atoms with Crippen molar-refractivity contribution in [1.29, 1.82) is 0 Å². The Morgan fingerprint density at radius 3 is 3.04 bits per heavy atom. The van der Waals surface area contributed by atoms with E-state index < -0.39 is 0 Å². The van der Waals surface area contributed by atoms with Gasteiger partial charge >= 0.3 is 6.03 Å². The van der Waals surface area contributed by atoms with E-state index in [-0.39, 0.29) is 17.9 Å². The van der Waals surface area contributed by atoms with E-state index in [4.69, 9.17) is 4.74 Å². The summed E-state index contributed by atoms with van der Waals surface area (Å²) in [6.07, 6.45) is 2.29. The molecule has 1 aliphatic heterocycles. The van der Waals surface area contributed by atoms with E-state index in [1.54, 1.807) is 12.3 Å². The monoisotopic (exact) mass is 337 g/mol. The molecule has 4 rings (SSSR count). The quantitative estimate of drug-likeness (QED) is 0.742. The highest BCUT2D eigenvalue weighted by Gasteiger charge is 2.23. The average molecular weight is 337 g/mol. The largest absolute Gasteiger partial charge is 0.493 e. The smallest absolute Gasteiger partial charge is 0.319 e. The van der Waals surface area contributed by atoms with E-state index in [1.807, 2.05) is 30.3 Å². The summed E-state index contributed by atoms with van der Waals surface area (Å²) in [5.41, 5.74) is 2.13. The van der Waals surface area contributed by atoms with Crippen molar-refractivity contribution < 1.29 is 13.9 Å². The van der Waals surface area contributed by atoms with Gasteiger partial charge in [0.2, 0.25) is 0 Å². The van der Waals surface area contributed by atoms with Crippen molar-refractivity contribution in [3.8, 4) is 5.75 Å². The Kier molecular flexibility index (Phi) is 3.93. The minimum Gasteiger partial charge on any atom is -0.493 e. The number of urea groups is 1. The third kappa shape index (κ3) is 3.10. The topological polar surface area (TPSA) is 63.2 Å². The van der Waals surface area contributed by atoms with Crippen molar-refractivity contribution in [1.82, 2.24) is 10.3 Å². The number of hydrogen-bond acceptors (Lipinski definition) is 3. The van der Waals surface area contributed by atoms with E-state index in [0.29, 0.717) is 30.0 Å². The van der Waals surface area contributed by atoms with E-state index >= 15 is 0 Å². The lowest BCUT2D eigenvalue weighted by molar-refractivity contribution is 0.232. The SMILES string of the molecule is O=C(Nc1cccc2ncccc12)NC1CCOc2ccc(F)cc21. The molecule has 25 heavy (non-hydrogen) atoms. The molecule has 2 amide bonds. The lowest BCUT2D eigenvalue weighted by Crippen LogP contribution is -2.35. The van der Waals surface area contributed by atoms with E-state index in [0.717, 1.165) is 10.9 Å². The normalized spacial score (nSPS) is 16.0. The predicted octanol–water partition coefficient (Wildman–Crippen LogP) is 4.02. The zero-order valence-electron chi connectivity index (χ0n) is 13.3. The van der Waals surface area contributed by atoms with Crippen molar-refractivity contribution in [2.45, 2.75) is 12.5 Å². The van der Waals surface area contributed by atoms with Crippen LogP contribution >= 0.6 is 0 Å². The number of nitrogens with zero attached hydrogens (tertiary/aromatic N) is 1. The van der Waals surface area contributed by atoms with Crippen molar-refractivity contribution >= 4 is 22.6 Å². The highest BCUT2D eigenvalue weighted by molar-refractivity contribution is 6.00. The number of rotatable bonds is 2. The van der Waals surface area contributed by atoms with Gasteiger partial charge in [0, 0.05) is 23.6 Å². The minimum atomic E-state index is -0.350. The molecule has 6 heteroatoms. The Hall–Kier alpha value is -3.15. The van der Waals surface area contributed by atoms with Gasteiger partial charge in [-0.1, -0.05) is 6.07 Å². The van der Waals surface area contributed by atoms with Crippen LogP contribution in [0.15, 0.2) is 54.7 Å². The Morgan fingerprint density at radius 1 is 1.20 bits per heavy atom. The fourth-order valence-corrected chi connectivity index (χ4v) is 3.04. The molecule has 0 saturated heterocycles. The fraction of sp³-hybridized carbons (Fsp3) is 0.158. The summed E-state index contributed by atoms with van der Waals surface area (Å²) in [7, 11) is 0. The average Bonchev–Trinajstić information content (AvgIpc) is 2.62. The lowest BCUT2D eigenvalue weighted by atomic mass is 10.0. The minimum absolute atomic E-state index is 0.299. The molecule has 1 atom stereocenters. The highest BCUT2D eigenvalue weighted by atomic mass is 19.1. The number of amides is 2. The molecule has 126 valence electrons. The van der Waals surface area contributed by atoms with Crippen LogP contribution in [0.2, 0.25) is 0 Å². The molecule has 2 aromatic carbocycles. The van der Waals surface area contributed by atoms with Crippen LogP contribution < -0.4 is 15.4 Å². The van der Waals surface area contributed by atoms with Gasteiger partial charge in [0.05, 0.1) is 23.9 Å². The van der Waals surface area contributed by atoms with Crippen LogP contribution in [0.25, 0.3) is 10.9 Å². The van der Waals surface area contributed by atoms with Crippen molar-refractivity contribution in [3.63, 3.8) is 0 Å². The summed E-state index contributed by atoms with van der Waals surface area (Å²) < 4.78 is 19.1. The predicted molar refractivity (Wildman–Crippen MR) is 93.2 cm³/mol. The number of pyridine rings is 1. The molecule has 2 heterocycles. The van der Waals surface area contributed by atoms with Crippen LogP contribution in [0.3, 0.4) is 0 Å². The van der Waals surface area contributed by atoms with Crippen LogP contribution in [0.1, 0.15) is 18.0 Å². The molecule has 0 aliphatic carbocycles. The summed E-state index contributed by atoms with van der Waals surface area (Å²) in [5.74, 6) is 0.254. The van der Waals surface area contributed by atoms with Gasteiger partial charge in [0.25, 0.3) is 0 Å². The molecule has 5 nitrogen and oxygen atoms in total. The van der Waals surface area contributed by atoms with Crippen LogP contribution in [-0.2, 0) is 0 Å². The molecule has 0 bridgehead atoms. The Morgan fingerprint density at radius 2 is 2.12 bits per heavy atom. The molecule has 1 unspecified atom stereocenters. The molecular weight excluding hydrogens is 321 g/mol. The van der Waals surface area contributed by atoms with Gasteiger partial charge in [0.15, 0.2) is 0 Å². The summed E-state index contributed by atoms with van der Waals surface area (Å²) in [6, 6.07) is 13.0. The first-order valence-corrected chi connectivity index (χ1v) is 8.04. The molecule has 1 aromatic heterocycles. The number of benzene rings is 2. The highest BCUT2D eigenvalue weighted by Crippen LogP contribution is 2.32. The molecule has 2 N–H and O–H groups in total. The molecule has 3 aromatic rings. The van der Waals surface area contributed by atoms with Crippen molar-refractivity contribution in [2.24, 2.45) is 0 Å². The zero-order valence-corrected chi connectivity index (χ0v) is 13.3. The summed E-state index contributed by atoms with van der Waals surface area (Å²) >= 11 is 0. The second kappa shape index (κ2) is 6.39. The standard InChI is InChI=1S/C19H16FN3O2/c20-12-6-7-18-14(11-12)17(8-10-25-18)23-19(24)22-16-5-1-4-15-13(16)3-2-9-21-15/h1-7,9,11,17H,8,10H2,(H2,22,23,24).